The number of rotatable bonds is 6. The monoisotopic (exact) mass is 321 g/mol. The van der Waals surface area contributed by atoms with E-state index in [1.807, 2.05) is 18.7 Å². The fraction of sp³-hybridized carbons (Fsp3) is 0.778. The third kappa shape index (κ3) is 4.56. The van der Waals surface area contributed by atoms with Crippen LogP contribution in [0.1, 0.15) is 39.5 Å². The van der Waals surface area contributed by atoms with Crippen molar-refractivity contribution in [1.29, 1.82) is 0 Å². The zero-order valence-corrected chi connectivity index (χ0v) is 14.6. The summed E-state index contributed by atoms with van der Waals surface area (Å²) in [7, 11) is 0. The van der Waals surface area contributed by atoms with Crippen LogP contribution in [0.4, 0.5) is 0 Å². The minimum atomic E-state index is -0.0475. The summed E-state index contributed by atoms with van der Waals surface area (Å²) in [4.78, 5) is 29.0. The Hall–Kier alpha value is -1.36. The molecule has 0 radical (unpaired) electrons. The predicted molar refractivity (Wildman–Crippen MR) is 91.9 cm³/mol. The first-order valence-corrected chi connectivity index (χ1v) is 8.96. The van der Waals surface area contributed by atoms with Crippen LogP contribution >= 0.6 is 0 Å². The first kappa shape index (κ1) is 18.0. The normalized spacial score (nSPS) is 21.4. The maximum atomic E-state index is 12.6. The summed E-state index contributed by atoms with van der Waals surface area (Å²) in [6.07, 6.45) is 6.45. The van der Waals surface area contributed by atoms with Crippen molar-refractivity contribution in [3.63, 3.8) is 0 Å². The molecule has 0 aromatic rings. The van der Waals surface area contributed by atoms with Crippen LogP contribution in [0, 0.1) is 11.8 Å². The Morgan fingerprint density at radius 1 is 1.17 bits per heavy atom. The fourth-order valence-electron chi connectivity index (χ4n) is 3.81. The maximum absolute atomic E-state index is 12.6. The smallest absolute Gasteiger partial charge is 0.237 e. The molecule has 0 aromatic carbocycles. The molecule has 130 valence electrons. The summed E-state index contributed by atoms with van der Waals surface area (Å²) in [6, 6.07) is -0.0475. The van der Waals surface area contributed by atoms with Crippen LogP contribution in [-0.2, 0) is 9.59 Å². The summed E-state index contributed by atoms with van der Waals surface area (Å²) in [5, 5.41) is 2.98. The molecule has 1 saturated heterocycles. The Bertz CT molecular complexity index is 422. The SMILES string of the molecule is C=CCNC(=O)C(C1CCCC1)N1CCN(C(=O)C(C)C)CC1. The second kappa shape index (κ2) is 8.48. The van der Waals surface area contributed by atoms with Crippen molar-refractivity contribution < 1.29 is 9.59 Å². The molecule has 1 atom stereocenters. The van der Waals surface area contributed by atoms with E-state index < -0.39 is 0 Å². The highest BCUT2D eigenvalue weighted by Crippen LogP contribution is 2.31. The van der Waals surface area contributed by atoms with Crippen LogP contribution < -0.4 is 5.32 Å². The fourth-order valence-corrected chi connectivity index (χ4v) is 3.81. The van der Waals surface area contributed by atoms with Crippen LogP contribution in [0.15, 0.2) is 12.7 Å². The third-order valence-corrected chi connectivity index (χ3v) is 5.05. The van der Waals surface area contributed by atoms with Gasteiger partial charge in [0.25, 0.3) is 0 Å². The van der Waals surface area contributed by atoms with Crippen molar-refractivity contribution in [3.8, 4) is 0 Å². The summed E-state index contributed by atoms with van der Waals surface area (Å²) in [6.45, 7) is 11.1. The molecule has 5 heteroatoms. The van der Waals surface area contributed by atoms with Gasteiger partial charge >= 0.3 is 0 Å². The maximum Gasteiger partial charge on any atom is 0.237 e. The van der Waals surface area contributed by atoms with Crippen molar-refractivity contribution in [2.45, 2.75) is 45.6 Å². The Labute approximate surface area is 140 Å². The highest BCUT2D eigenvalue weighted by molar-refractivity contribution is 5.82. The van der Waals surface area contributed by atoms with Gasteiger partial charge in [0.1, 0.15) is 0 Å². The average Bonchev–Trinajstić information content (AvgIpc) is 3.07. The van der Waals surface area contributed by atoms with Crippen molar-refractivity contribution in [1.82, 2.24) is 15.1 Å². The second-order valence-corrected chi connectivity index (χ2v) is 7.04. The van der Waals surface area contributed by atoms with E-state index in [-0.39, 0.29) is 23.8 Å². The van der Waals surface area contributed by atoms with Crippen LogP contribution in [-0.4, -0.2) is 60.4 Å². The van der Waals surface area contributed by atoms with Gasteiger partial charge < -0.3 is 10.2 Å². The number of carbonyl (C=O) groups is 2. The van der Waals surface area contributed by atoms with Crippen molar-refractivity contribution >= 4 is 11.8 Å². The van der Waals surface area contributed by atoms with Crippen LogP contribution in [0.2, 0.25) is 0 Å². The largest absolute Gasteiger partial charge is 0.351 e. The van der Waals surface area contributed by atoms with E-state index in [4.69, 9.17) is 0 Å². The molecule has 1 aliphatic heterocycles. The summed E-state index contributed by atoms with van der Waals surface area (Å²) < 4.78 is 0. The number of amides is 2. The van der Waals surface area contributed by atoms with Gasteiger partial charge in [-0.25, -0.2) is 0 Å². The molecular weight excluding hydrogens is 290 g/mol. The molecule has 2 amide bonds. The zero-order valence-electron chi connectivity index (χ0n) is 14.6. The van der Waals surface area contributed by atoms with Gasteiger partial charge in [0.05, 0.1) is 6.04 Å². The van der Waals surface area contributed by atoms with E-state index in [0.717, 1.165) is 39.0 Å². The lowest BCUT2D eigenvalue weighted by Crippen LogP contribution is -2.58. The lowest BCUT2D eigenvalue weighted by molar-refractivity contribution is -0.138. The number of nitrogens with one attached hydrogen (secondary N) is 1. The predicted octanol–water partition coefficient (Wildman–Crippen LogP) is 1.65. The van der Waals surface area contributed by atoms with E-state index in [1.165, 1.54) is 12.8 Å². The zero-order chi connectivity index (χ0) is 16.8. The van der Waals surface area contributed by atoms with Gasteiger partial charge in [0.2, 0.25) is 11.8 Å². The first-order chi connectivity index (χ1) is 11.0. The van der Waals surface area contributed by atoms with Crippen LogP contribution in [0.3, 0.4) is 0 Å². The highest BCUT2D eigenvalue weighted by Gasteiger charge is 2.37. The first-order valence-electron chi connectivity index (χ1n) is 8.96. The number of piperazine rings is 1. The lowest BCUT2D eigenvalue weighted by atomic mass is 9.95. The van der Waals surface area contributed by atoms with Gasteiger partial charge in [0, 0.05) is 38.6 Å². The molecule has 0 bridgehead atoms. The molecule has 2 rings (SSSR count). The molecule has 1 unspecified atom stereocenters. The summed E-state index contributed by atoms with van der Waals surface area (Å²) in [5.41, 5.74) is 0. The summed E-state index contributed by atoms with van der Waals surface area (Å²) >= 11 is 0. The van der Waals surface area contributed by atoms with Gasteiger partial charge in [-0.05, 0) is 18.8 Å². The van der Waals surface area contributed by atoms with Gasteiger partial charge in [0.15, 0.2) is 0 Å². The molecule has 1 heterocycles. The molecule has 1 aliphatic carbocycles. The molecule has 2 fully saturated rings. The van der Waals surface area contributed by atoms with Gasteiger partial charge in [-0.2, -0.15) is 0 Å². The molecule has 1 saturated carbocycles. The Morgan fingerprint density at radius 2 is 1.78 bits per heavy atom. The molecule has 0 spiro atoms. The molecule has 23 heavy (non-hydrogen) atoms. The number of carbonyl (C=O) groups excluding carboxylic acids is 2. The molecular formula is C18H31N3O2. The van der Waals surface area contributed by atoms with E-state index >= 15 is 0 Å². The molecule has 0 aromatic heterocycles. The van der Waals surface area contributed by atoms with Crippen molar-refractivity contribution in [2.75, 3.05) is 32.7 Å². The third-order valence-electron chi connectivity index (χ3n) is 5.05. The van der Waals surface area contributed by atoms with E-state index in [2.05, 4.69) is 16.8 Å². The average molecular weight is 321 g/mol. The molecule has 2 aliphatic rings. The van der Waals surface area contributed by atoms with Gasteiger partial charge in [-0.3, -0.25) is 14.5 Å². The molecule has 5 nitrogen and oxygen atoms in total. The Kier molecular flexibility index (Phi) is 6.63. The number of hydrogen-bond acceptors (Lipinski definition) is 3. The minimum absolute atomic E-state index is 0.0445. The summed E-state index contributed by atoms with van der Waals surface area (Å²) in [5.74, 6) is 0.842. The van der Waals surface area contributed by atoms with Gasteiger partial charge in [-0.1, -0.05) is 32.8 Å². The van der Waals surface area contributed by atoms with E-state index in [1.54, 1.807) is 6.08 Å². The van der Waals surface area contributed by atoms with E-state index in [9.17, 15) is 9.59 Å². The highest BCUT2D eigenvalue weighted by atomic mass is 16.2. The second-order valence-electron chi connectivity index (χ2n) is 7.04. The Morgan fingerprint density at radius 3 is 2.30 bits per heavy atom. The van der Waals surface area contributed by atoms with Crippen molar-refractivity contribution in [2.24, 2.45) is 11.8 Å². The molecule has 1 N–H and O–H groups in total. The lowest BCUT2D eigenvalue weighted by Gasteiger charge is -2.41. The number of nitrogens with zero attached hydrogens (tertiary/aromatic N) is 2. The topological polar surface area (TPSA) is 52.7 Å². The van der Waals surface area contributed by atoms with Crippen LogP contribution in [0.5, 0.6) is 0 Å². The number of hydrogen-bond donors (Lipinski definition) is 1. The van der Waals surface area contributed by atoms with Gasteiger partial charge in [-0.15, -0.1) is 6.58 Å². The van der Waals surface area contributed by atoms with E-state index in [0.29, 0.717) is 12.5 Å². The van der Waals surface area contributed by atoms with Crippen LogP contribution in [0.25, 0.3) is 0 Å². The standard InChI is InChI=1S/C18H31N3O2/c1-4-9-19-17(22)16(15-7-5-6-8-15)20-10-12-21(13-11-20)18(23)14(2)3/h4,14-16H,1,5-13H2,2-3H3,(H,19,22). The van der Waals surface area contributed by atoms with Crippen molar-refractivity contribution in [3.05, 3.63) is 12.7 Å². The Balaban J connectivity index is 1.98. The minimum Gasteiger partial charge on any atom is -0.351 e. The quantitative estimate of drug-likeness (QED) is 0.757.